The van der Waals surface area contributed by atoms with E-state index in [1.807, 2.05) is 31.4 Å². The molecule has 7 nitrogen and oxygen atoms in total. The van der Waals surface area contributed by atoms with Gasteiger partial charge in [-0.05, 0) is 33.8 Å². The summed E-state index contributed by atoms with van der Waals surface area (Å²) >= 11 is 0. The summed E-state index contributed by atoms with van der Waals surface area (Å²) < 4.78 is 65.2. The van der Waals surface area contributed by atoms with Crippen molar-refractivity contribution in [1.29, 1.82) is 0 Å². The number of benzene rings is 2. The zero-order valence-corrected chi connectivity index (χ0v) is 18.4. The van der Waals surface area contributed by atoms with E-state index in [9.17, 15) is 27.9 Å². The second kappa shape index (κ2) is 6.88. The molecule has 0 N–H and O–H groups in total. The maximum Gasteiger partial charge on any atom is 0.419 e. The molecule has 2 unspecified atom stereocenters. The van der Waals surface area contributed by atoms with Crippen molar-refractivity contribution < 1.29 is 27.2 Å². The number of alkyl halides is 3. The van der Waals surface area contributed by atoms with Crippen LogP contribution in [-0.4, -0.2) is 75.6 Å². The predicted molar refractivity (Wildman–Crippen MR) is 121 cm³/mol. The van der Waals surface area contributed by atoms with Gasteiger partial charge in [-0.2, -0.15) is 13.2 Å². The minimum absolute atomic E-state index is 0.0423. The smallest absolute Gasteiger partial charge is 0.288 e. The number of hydrogen-bond donors (Lipinski definition) is 0. The normalized spacial score (nSPS) is 23.2. The molecule has 0 aromatic heterocycles. The van der Waals surface area contributed by atoms with Crippen molar-refractivity contribution in [3.8, 4) is 0 Å². The maximum atomic E-state index is 14.3. The molecule has 0 radical (unpaired) electrons. The molecule has 2 aliphatic rings. The third kappa shape index (κ3) is 3.44. The number of rotatable bonds is 6. The maximum absolute atomic E-state index is 14.3. The van der Waals surface area contributed by atoms with Crippen LogP contribution in [0.4, 0.5) is 18.9 Å². The van der Waals surface area contributed by atoms with E-state index in [2.05, 4.69) is 0 Å². The average molecular weight is 449 g/mol. The van der Waals surface area contributed by atoms with Gasteiger partial charge in [0.25, 0.3) is 5.69 Å². The van der Waals surface area contributed by atoms with Crippen molar-refractivity contribution in [2.24, 2.45) is 0 Å². The lowest BCUT2D eigenvalue weighted by molar-refractivity contribution is -0.383. The van der Waals surface area contributed by atoms with Gasteiger partial charge in [-0.15, -0.1) is 0 Å². The van der Waals surface area contributed by atoms with Gasteiger partial charge >= 0.3 is 13.8 Å². The molecule has 2 fully saturated rings. The number of fused-ring (bicyclic) bond motifs is 1. The largest absolute Gasteiger partial charge is 0.419 e. The van der Waals surface area contributed by atoms with Crippen molar-refractivity contribution in [3.63, 3.8) is 0 Å². The van der Waals surface area contributed by atoms with Crippen molar-refractivity contribution >= 4 is 55.5 Å². The summed E-state index contributed by atoms with van der Waals surface area (Å²) in [5.74, 6) is 0. The van der Waals surface area contributed by atoms with Gasteiger partial charge in [0.2, 0.25) is 0 Å². The Morgan fingerprint density at radius 3 is 2.06 bits per heavy atom. The number of non-ortho nitro benzene ring substituents is 1. The van der Waals surface area contributed by atoms with Crippen molar-refractivity contribution in [2.75, 3.05) is 13.1 Å². The summed E-state index contributed by atoms with van der Waals surface area (Å²) in [4.78, 5) is 10.7. The van der Waals surface area contributed by atoms with Gasteiger partial charge in [-0.3, -0.25) is 19.2 Å². The highest BCUT2D eigenvalue weighted by Gasteiger charge is 2.72. The molecular weight excluding hydrogens is 429 g/mol. The van der Waals surface area contributed by atoms with E-state index < -0.39 is 35.5 Å². The van der Waals surface area contributed by atoms with Gasteiger partial charge in [-0.25, -0.2) is 9.34 Å². The van der Waals surface area contributed by atoms with E-state index in [-0.39, 0.29) is 22.0 Å². The topological polar surface area (TPSA) is 75.5 Å². The fourth-order valence-corrected chi connectivity index (χ4v) is 7.48. The lowest BCUT2D eigenvalue weighted by atomic mass is 9.49. The highest BCUT2D eigenvalue weighted by atomic mass is 31.2. The summed E-state index contributed by atoms with van der Waals surface area (Å²) in [6.45, 7) is 0.761. The molecular formula is C16H19B4F3N3O4P. The Kier molecular flexibility index (Phi) is 4.98. The molecule has 2 atom stereocenters. The summed E-state index contributed by atoms with van der Waals surface area (Å²) in [6.07, 6.45) is -7.38. The molecule has 0 spiro atoms. The number of nitrogens with zero attached hydrogens (tertiary/aromatic N) is 3. The van der Waals surface area contributed by atoms with E-state index in [4.69, 9.17) is 4.52 Å². The van der Waals surface area contributed by atoms with Crippen molar-refractivity contribution in [2.45, 2.75) is 23.0 Å². The van der Waals surface area contributed by atoms with Crippen molar-refractivity contribution in [1.82, 2.24) is 9.34 Å². The van der Waals surface area contributed by atoms with Crippen LogP contribution in [0, 0.1) is 10.1 Å². The molecule has 0 aliphatic carbocycles. The minimum atomic E-state index is -4.88. The molecule has 4 rings (SSSR count). The predicted octanol–water partition coefficient (Wildman–Crippen LogP) is -0.0527. The lowest BCUT2D eigenvalue weighted by Crippen LogP contribution is -2.27. The fourth-order valence-electron chi connectivity index (χ4n) is 4.19. The first-order chi connectivity index (χ1) is 14.2. The minimum Gasteiger partial charge on any atom is -0.288 e. The number of hydrogen-bond acceptors (Lipinski definition) is 4. The second-order valence-corrected chi connectivity index (χ2v) is 11.0. The standard InChI is InChI=1S/C16H19B4F3N3O4P/c17-15(18)16(19,20)26(15)31(29,24-7-8-24)30-13(14(21,22)23)11-5-6-12(25(27)28)10-4-2-1-3-9(10)11/h1-6,13H,7-8,17-20H2. The Balaban J connectivity index is 1.84. The zero-order chi connectivity index (χ0) is 23.0. The van der Waals surface area contributed by atoms with Gasteiger partial charge in [0.05, 0.1) is 10.3 Å². The zero-order valence-electron chi connectivity index (χ0n) is 17.5. The fraction of sp³-hybridized carbons (Fsp3) is 0.375. The van der Waals surface area contributed by atoms with E-state index in [0.717, 1.165) is 12.1 Å². The van der Waals surface area contributed by atoms with Crippen LogP contribution in [0.2, 0.25) is 0 Å². The van der Waals surface area contributed by atoms with Crippen LogP contribution in [0.1, 0.15) is 11.7 Å². The molecule has 2 heterocycles. The van der Waals surface area contributed by atoms with Crippen LogP contribution in [0.3, 0.4) is 0 Å². The van der Waals surface area contributed by atoms with Crippen LogP contribution in [0.25, 0.3) is 10.8 Å². The highest BCUT2D eigenvalue weighted by molar-refractivity contribution is 7.55. The van der Waals surface area contributed by atoms with Crippen molar-refractivity contribution in [3.05, 3.63) is 52.1 Å². The number of halogens is 3. The third-order valence-corrected chi connectivity index (χ3v) is 9.60. The first kappa shape index (κ1) is 22.5. The summed E-state index contributed by atoms with van der Waals surface area (Å²) in [6, 6.07) is 7.88. The summed E-state index contributed by atoms with van der Waals surface area (Å²) in [5.41, 5.74) is -0.601. The van der Waals surface area contributed by atoms with Gasteiger partial charge in [0, 0.05) is 19.2 Å². The first-order valence-electron chi connectivity index (χ1n) is 9.80. The van der Waals surface area contributed by atoms with Gasteiger partial charge in [-0.1, -0.05) is 18.2 Å². The molecule has 31 heavy (non-hydrogen) atoms. The molecule has 2 aromatic carbocycles. The van der Waals surface area contributed by atoms with Gasteiger partial charge in [0.1, 0.15) is 31.4 Å². The van der Waals surface area contributed by atoms with Crippen LogP contribution in [0.5, 0.6) is 0 Å². The van der Waals surface area contributed by atoms with E-state index in [0.29, 0.717) is 13.1 Å². The lowest BCUT2D eigenvalue weighted by Gasteiger charge is -2.30. The monoisotopic (exact) mass is 449 g/mol. The van der Waals surface area contributed by atoms with Gasteiger partial charge in [0.15, 0.2) is 6.10 Å². The SMILES string of the molecule is BC1(B)N(P(=O)(OC(c2ccc([N+](=O)[O-])c3ccccc23)C(F)(F)F)N2CC2)C1(B)B. The van der Waals surface area contributed by atoms with Crippen LogP contribution >= 0.6 is 7.67 Å². The third-order valence-electron chi connectivity index (χ3n) is 6.49. The molecule has 2 aliphatic heterocycles. The first-order valence-corrected chi connectivity index (χ1v) is 11.3. The van der Waals surface area contributed by atoms with Crippen LogP contribution in [0.15, 0.2) is 36.4 Å². The molecule has 0 saturated carbocycles. The molecule has 2 aromatic rings. The second-order valence-electron chi connectivity index (χ2n) is 8.88. The Bertz CT molecular complexity index is 1110. The van der Waals surface area contributed by atoms with Crippen LogP contribution in [-0.2, 0) is 9.09 Å². The Morgan fingerprint density at radius 2 is 1.61 bits per heavy atom. The quantitative estimate of drug-likeness (QED) is 0.203. The van der Waals surface area contributed by atoms with E-state index in [1.165, 1.54) is 33.6 Å². The average Bonchev–Trinajstić information content (AvgIpc) is 3.55. The number of nitro benzene ring substituents is 1. The molecule has 160 valence electrons. The Hall–Kier alpha value is -1.74. The van der Waals surface area contributed by atoms with Crippen LogP contribution < -0.4 is 0 Å². The summed E-state index contributed by atoms with van der Waals surface area (Å²) in [7, 11) is 3.27. The number of nitro groups is 1. The summed E-state index contributed by atoms with van der Waals surface area (Å²) in [5, 5.41) is 10.2. The van der Waals surface area contributed by atoms with E-state index >= 15 is 0 Å². The molecule has 0 bridgehead atoms. The Labute approximate surface area is 180 Å². The molecule has 15 heteroatoms. The van der Waals surface area contributed by atoms with E-state index in [1.54, 1.807) is 0 Å². The van der Waals surface area contributed by atoms with Gasteiger partial charge < -0.3 is 0 Å². The molecule has 0 amide bonds. The Morgan fingerprint density at radius 1 is 1.06 bits per heavy atom. The molecule has 2 saturated heterocycles. The highest BCUT2D eigenvalue weighted by Crippen LogP contribution is 2.72.